The van der Waals surface area contributed by atoms with E-state index in [1.807, 2.05) is 0 Å². The largest absolute Gasteiger partial charge is 0.396 e. The maximum Gasteiger partial charge on any atom is 0.241 e. The lowest BCUT2D eigenvalue weighted by molar-refractivity contribution is 0.285. The molecule has 7 heteroatoms. The molecule has 0 bridgehead atoms. The predicted octanol–water partition coefficient (Wildman–Crippen LogP) is 3.42. The number of benzene rings is 1. The molecular formula is C14H20BrFN2O2S. The maximum atomic E-state index is 13.3. The van der Waals surface area contributed by atoms with Crippen LogP contribution in [-0.2, 0) is 10.0 Å². The van der Waals surface area contributed by atoms with Crippen LogP contribution in [0.4, 0.5) is 10.1 Å². The van der Waals surface area contributed by atoms with Gasteiger partial charge in [-0.25, -0.2) is 17.5 Å². The fourth-order valence-electron chi connectivity index (χ4n) is 2.86. The van der Waals surface area contributed by atoms with Crippen LogP contribution in [0, 0.1) is 11.2 Å². The second-order valence-electron chi connectivity index (χ2n) is 5.69. The number of nitrogens with one attached hydrogen (secondary N) is 1. The number of nitrogen functional groups attached to an aromatic ring is 1. The lowest BCUT2D eigenvalue weighted by Gasteiger charge is -2.27. The molecule has 2 rings (SSSR count). The number of hydrogen-bond acceptors (Lipinski definition) is 3. The first-order valence-electron chi connectivity index (χ1n) is 7.04. The SMILES string of the molecule is CCC1(CNS(=O)(=O)c2cc(N)c(F)cc2Br)CCCC1. The first kappa shape index (κ1) is 16.7. The van der Waals surface area contributed by atoms with Gasteiger partial charge in [0, 0.05) is 11.0 Å². The summed E-state index contributed by atoms with van der Waals surface area (Å²) in [5, 5.41) is 0. The maximum absolute atomic E-state index is 13.3. The number of halogens is 2. The van der Waals surface area contributed by atoms with Gasteiger partial charge < -0.3 is 5.73 Å². The van der Waals surface area contributed by atoms with Crippen molar-refractivity contribution in [2.75, 3.05) is 12.3 Å². The van der Waals surface area contributed by atoms with E-state index in [0.717, 1.165) is 44.2 Å². The van der Waals surface area contributed by atoms with E-state index in [1.54, 1.807) is 0 Å². The van der Waals surface area contributed by atoms with Crippen LogP contribution in [0.2, 0.25) is 0 Å². The summed E-state index contributed by atoms with van der Waals surface area (Å²) in [5.74, 6) is -0.637. The van der Waals surface area contributed by atoms with Crippen molar-refractivity contribution in [2.24, 2.45) is 5.41 Å². The molecule has 21 heavy (non-hydrogen) atoms. The quantitative estimate of drug-likeness (QED) is 0.770. The summed E-state index contributed by atoms with van der Waals surface area (Å²) in [6.45, 7) is 2.50. The van der Waals surface area contributed by atoms with E-state index in [-0.39, 0.29) is 20.5 Å². The summed E-state index contributed by atoms with van der Waals surface area (Å²) in [7, 11) is -3.71. The van der Waals surface area contributed by atoms with Crippen molar-refractivity contribution in [2.45, 2.75) is 43.9 Å². The standard InChI is InChI=1S/C14H20BrFN2O2S/c1-2-14(5-3-4-6-14)9-18-21(19,20)13-8-12(17)11(16)7-10(13)15/h7-8,18H,2-6,9,17H2,1H3. The van der Waals surface area contributed by atoms with Crippen molar-refractivity contribution in [1.82, 2.24) is 4.72 Å². The zero-order valence-corrected chi connectivity index (χ0v) is 14.4. The highest BCUT2D eigenvalue weighted by atomic mass is 79.9. The molecule has 0 atom stereocenters. The van der Waals surface area contributed by atoms with Crippen LogP contribution in [0.5, 0.6) is 0 Å². The van der Waals surface area contributed by atoms with Crippen LogP contribution in [-0.4, -0.2) is 15.0 Å². The molecule has 0 radical (unpaired) electrons. The number of anilines is 1. The molecule has 1 aromatic carbocycles. The predicted molar refractivity (Wildman–Crippen MR) is 84.9 cm³/mol. The lowest BCUT2D eigenvalue weighted by Crippen LogP contribution is -2.35. The van der Waals surface area contributed by atoms with Gasteiger partial charge in [0.25, 0.3) is 0 Å². The Morgan fingerprint density at radius 3 is 2.57 bits per heavy atom. The highest BCUT2D eigenvalue weighted by molar-refractivity contribution is 9.10. The highest BCUT2D eigenvalue weighted by Crippen LogP contribution is 2.40. The van der Waals surface area contributed by atoms with E-state index < -0.39 is 15.8 Å². The van der Waals surface area contributed by atoms with Gasteiger partial charge in [-0.05, 0) is 52.7 Å². The average molecular weight is 379 g/mol. The Labute approximate surface area is 133 Å². The molecule has 3 N–H and O–H groups in total. The summed E-state index contributed by atoms with van der Waals surface area (Å²) in [6, 6.07) is 2.23. The van der Waals surface area contributed by atoms with Crippen molar-refractivity contribution in [3.63, 3.8) is 0 Å². The van der Waals surface area contributed by atoms with Crippen molar-refractivity contribution in [3.05, 3.63) is 22.4 Å². The monoisotopic (exact) mass is 378 g/mol. The molecule has 118 valence electrons. The number of sulfonamides is 1. The van der Waals surface area contributed by atoms with Crippen molar-refractivity contribution in [1.29, 1.82) is 0 Å². The minimum atomic E-state index is -3.71. The fraction of sp³-hybridized carbons (Fsp3) is 0.571. The van der Waals surface area contributed by atoms with E-state index >= 15 is 0 Å². The summed E-state index contributed by atoms with van der Waals surface area (Å²) in [5.41, 5.74) is 5.34. The Kier molecular flexibility index (Phi) is 4.95. The number of rotatable bonds is 5. The van der Waals surface area contributed by atoms with Crippen LogP contribution in [0.25, 0.3) is 0 Å². The second-order valence-corrected chi connectivity index (χ2v) is 8.28. The first-order valence-corrected chi connectivity index (χ1v) is 9.31. The molecule has 1 aromatic rings. The molecule has 1 fully saturated rings. The third kappa shape index (κ3) is 3.57. The van der Waals surface area contributed by atoms with Gasteiger partial charge in [-0.3, -0.25) is 0 Å². The molecule has 4 nitrogen and oxygen atoms in total. The topological polar surface area (TPSA) is 72.2 Å². The summed E-state index contributed by atoms with van der Waals surface area (Å²) < 4.78 is 41.0. The van der Waals surface area contributed by atoms with E-state index in [2.05, 4.69) is 27.6 Å². The van der Waals surface area contributed by atoms with Gasteiger partial charge in [-0.2, -0.15) is 0 Å². The number of hydrogen-bond donors (Lipinski definition) is 2. The van der Waals surface area contributed by atoms with Crippen LogP contribution < -0.4 is 10.5 Å². The molecule has 0 heterocycles. The Balaban J connectivity index is 2.21. The van der Waals surface area contributed by atoms with Crippen molar-refractivity contribution in [3.8, 4) is 0 Å². The Hall–Kier alpha value is -0.660. The molecule has 0 aromatic heterocycles. The third-order valence-electron chi connectivity index (χ3n) is 4.39. The number of nitrogens with two attached hydrogens (primary N) is 1. The molecule has 0 aliphatic heterocycles. The van der Waals surface area contributed by atoms with Crippen LogP contribution >= 0.6 is 15.9 Å². The highest BCUT2D eigenvalue weighted by Gasteiger charge is 2.33. The summed E-state index contributed by atoms with van der Waals surface area (Å²) >= 11 is 3.09. The van der Waals surface area contributed by atoms with Gasteiger partial charge in [0.1, 0.15) is 5.82 Å². The van der Waals surface area contributed by atoms with Crippen LogP contribution in [0.1, 0.15) is 39.0 Å². The molecule has 1 saturated carbocycles. The zero-order valence-electron chi connectivity index (χ0n) is 12.0. The molecule has 0 saturated heterocycles. The second kappa shape index (κ2) is 6.22. The van der Waals surface area contributed by atoms with Crippen LogP contribution in [0.3, 0.4) is 0 Å². The van der Waals surface area contributed by atoms with Gasteiger partial charge in [-0.15, -0.1) is 0 Å². The van der Waals surface area contributed by atoms with Gasteiger partial charge in [0.05, 0.1) is 10.6 Å². The van der Waals surface area contributed by atoms with E-state index in [0.29, 0.717) is 6.54 Å². The Morgan fingerprint density at radius 2 is 2.00 bits per heavy atom. The zero-order chi connectivity index (χ0) is 15.7. The first-order chi connectivity index (χ1) is 9.80. The smallest absolute Gasteiger partial charge is 0.241 e. The molecule has 0 spiro atoms. The summed E-state index contributed by atoms with van der Waals surface area (Å²) in [6.07, 6.45) is 5.31. The summed E-state index contributed by atoms with van der Waals surface area (Å²) in [4.78, 5) is -0.0225. The molecule has 1 aliphatic carbocycles. The average Bonchev–Trinajstić information content (AvgIpc) is 2.90. The van der Waals surface area contributed by atoms with Gasteiger partial charge >= 0.3 is 0 Å². The normalized spacial score (nSPS) is 18.0. The van der Waals surface area contributed by atoms with Crippen molar-refractivity contribution < 1.29 is 12.8 Å². The van der Waals surface area contributed by atoms with E-state index in [4.69, 9.17) is 5.73 Å². The minimum Gasteiger partial charge on any atom is -0.396 e. The molecule has 1 aliphatic rings. The fourth-order valence-corrected chi connectivity index (χ4v) is 5.06. The molecule has 0 amide bonds. The Bertz CT molecular complexity index is 628. The lowest BCUT2D eigenvalue weighted by atomic mass is 9.84. The van der Waals surface area contributed by atoms with E-state index in [9.17, 15) is 12.8 Å². The Morgan fingerprint density at radius 1 is 1.38 bits per heavy atom. The molecule has 0 unspecified atom stereocenters. The van der Waals surface area contributed by atoms with Crippen molar-refractivity contribution >= 4 is 31.6 Å². The molecular weight excluding hydrogens is 359 g/mol. The third-order valence-corrected chi connectivity index (χ3v) is 6.75. The van der Waals surface area contributed by atoms with Gasteiger partial charge in [0.15, 0.2) is 0 Å². The van der Waals surface area contributed by atoms with Gasteiger partial charge in [-0.1, -0.05) is 19.8 Å². The van der Waals surface area contributed by atoms with Crippen LogP contribution in [0.15, 0.2) is 21.5 Å². The van der Waals surface area contributed by atoms with Gasteiger partial charge in [0.2, 0.25) is 10.0 Å². The van der Waals surface area contributed by atoms with E-state index in [1.165, 1.54) is 0 Å². The minimum absolute atomic E-state index is 0.0225.